The number of rotatable bonds is 6. The molecule has 2 rings (SSSR count). The van der Waals surface area contributed by atoms with E-state index in [0.717, 1.165) is 0 Å². The van der Waals surface area contributed by atoms with Crippen LogP contribution in [-0.2, 0) is 11.2 Å². The van der Waals surface area contributed by atoms with E-state index in [1.807, 2.05) is 0 Å². The van der Waals surface area contributed by atoms with E-state index in [0.29, 0.717) is 5.69 Å². The fourth-order valence-electron chi connectivity index (χ4n) is 2.57. The van der Waals surface area contributed by atoms with E-state index in [-0.39, 0.29) is 25.0 Å². The molecule has 1 amide bonds. The summed E-state index contributed by atoms with van der Waals surface area (Å²) in [6, 6.07) is 0.679. The first kappa shape index (κ1) is 17.6. The second-order valence-corrected chi connectivity index (χ2v) is 5.65. The van der Waals surface area contributed by atoms with Crippen molar-refractivity contribution in [2.75, 3.05) is 13.2 Å². The van der Waals surface area contributed by atoms with Crippen LogP contribution in [0.15, 0.2) is 23.1 Å². The third kappa shape index (κ3) is 4.36. The normalized spacial score (nSPS) is 28.5. The second-order valence-electron chi connectivity index (χ2n) is 5.65. The van der Waals surface area contributed by atoms with Crippen LogP contribution in [0.5, 0.6) is 0 Å². The average Bonchev–Trinajstić information content (AvgIpc) is 2.80. The van der Waals surface area contributed by atoms with Crippen LogP contribution in [0, 0.1) is 0 Å². The van der Waals surface area contributed by atoms with Crippen LogP contribution in [0.25, 0.3) is 0 Å². The highest BCUT2D eigenvalue weighted by molar-refractivity contribution is 5.81. The van der Waals surface area contributed by atoms with Gasteiger partial charge in [-0.1, -0.05) is 0 Å². The summed E-state index contributed by atoms with van der Waals surface area (Å²) < 4.78 is 0. The third-order valence-electron chi connectivity index (χ3n) is 3.90. The molecule has 9 nitrogen and oxygen atoms in total. The van der Waals surface area contributed by atoms with Gasteiger partial charge in [-0.2, -0.15) is 0 Å². The highest BCUT2D eigenvalue weighted by atomic mass is 16.3. The number of carbonyl (C=O) groups is 1. The van der Waals surface area contributed by atoms with Crippen molar-refractivity contribution in [1.29, 1.82) is 0 Å². The zero-order chi connectivity index (χ0) is 17.0. The molecule has 1 aromatic rings. The molecule has 0 aromatic carbocycles. The van der Waals surface area contributed by atoms with Crippen molar-refractivity contribution in [3.8, 4) is 0 Å². The standard InChI is InChI=1S/C14H22N4O5/c15-9(4-7-3-8(20)1-2-16-7)14(23)17-5-10-12(21)13(22)11(6-19)18-10/h1-3,9-13,18-19,21-22H,4-6,15H2,(H,16,20)(H,17,23)/t9-,10-,11-,12-,13-/m1/s1. The molecule has 0 unspecified atom stereocenters. The number of nitrogens with one attached hydrogen (secondary N) is 3. The zero-order valence-electron chi connectivity index (χ0n) is 12.5. The Morgan fingerprint density at radius 2 is 2.04 bits per heavy atom. The van der Waals surface area contributed by atoms with Crippen LogP contribution in [0.4, 0.5) is 0 Å². The summed E-state index contributed by atoms with van der Waals surface area (Å²) in [5.41, 5.74) is 6.17. The summed E-state index contributed by atoms with van der Waals surface area (Å²) in [5, 5.41) is 34.0. The Hall–Kier alpha value is -1.78. The smallest absolute Gasteiger partial charge is 0.237 e. The Balaban J connectivity index is 1.83. The largest absolute Gasteiger partial charge is 0.395 e. The zero-order valence-corrected chi connectivity index (χ0v) is 12.5. The van der Waals surface area contributed by atoms with Gasteiger partial charge in [0.15, 0.2) is 5.43 Å². The highest BCUT2D eigenvalue weighted by Gasteiger charge is 2.40. The molecule has 1 aromatic heterocycles. The van der Waals surface area contributed by atoms with Gasteiger partial charge in [0.25, 0.3) is 0 Å². The molecule has 128 valence electrons. The van der Waals surface area contributed by atoms with Crippen LogP contribution >= 0.6 is 0 Å². The SMILES string of the molecule is N[C@H](Cc1cc(=O)cc[nH]1)C(=O)NC[C@H]1N[C@H](CO)[C@@H](O)[C@@H]1O. The van der Waals surface area contributed by atoms with Crippen molar-refractivity contribution in [2.24, 2.45) is 5.73 Å². The van der Waals surface area contributed by atoms with Gasteiger partial charge >= 0.3 is 0 Å². The Morgan fingerprint density at radius 1 is 1.35 bits per heavy atom. The van der Waals surface area contributed by atoms with Crippen LogP contribution in [0.1, 0.15) is 5.69 Å². The molecule has 1 aliphatic rings. The number of aliphatic hydroxyl groups is 3. The first-order valence-corrected chi connectivity index (χ1v) is 7.36. The maximum Gasteiger partial charge on any atom is 0.237 e. The lowest BCUT2D eigenvalue weighted by atomic mass is 10.1. The predicted molar refractivity (Wildman–Crippen MR) is 81.6 cm³/mol. The van der Waals surface area contributed by atoms with Crippen molar-refractivity contribution in [2.45, 2.75) is 36.8 Å². The van der Waals surface area contributed by atoms with Gasteiger partial charge in [-0.05, 0) is 0 Å². The van der Waals surface area contributed by atoms with E-state index >= 15 is 0 Å². The van der Waals surface area contributed by atoms with Crippen LogP contribution < -0.4 is 21.8 Å². The first-order valence-electron chi connectivity index (χ1n) is 7.36. The number of nitrogens with two attached hydrogens (primary N) is 1. The van der Waals surface area contributed by atoms with Gasteiger partial charge in [-0.15, -0.1) is 0 Å². The number of hydrogen-bond donors (Lipinski definition) is 7. The molecule has 1 aliphatic heterocycles. The lowest BCUT2D eigenvalue weighted by Crippen LogP contribution is -2.49. The molecule has 0 saturated carbocycles. The minimum atomic E-state index is -1.09. The number of aromatic amines is 1. The van der Waals surface area contributed by atoms with E-state index in [1.165, 1.54) is 18.3 Å². The lowest BCUT2D eigenvalue weighted by Gasteiger charge is -2.18. The number of H-pyrrole nitrogens is 1. The number of hydrogen-bond acceptors (Lipinski definition) is 7. The highest BCUT2D eigenvalue weighted by Crippen LogP contribution is 2.13. The van der Waals surface area contributed by atoms with Gasteiger partial charge < -0.3 is 36.7 Å². The molecule has 8 N–H and O–H groups in total. The Kier molecular flexibility index (Phi) is 5.85. The van der Waals surface area contributed by atoms with Gasteiger partial charge in [0.05, 0.1) is 36.9 Å². The van der Waals surface area contributed by atoms with Crippen LogP contribution in [-0.4, -0.2) is 69.7 Å². The van der Waals surface area contributed by atoms with Gasteiger partial charge in [-0.3, -0.25) is 9.59 Å². The molecule has 1 fully saturated rings. The van der Waals surface area contributed by atoms with E-state index in [1.54, 1.807) is 0 Å². The minimum absolute atomic E-state index is 0.0621. The summed E-state index contributed by atoms with van der Waals surface area (Å²) in [7, 11) is 0. The van der Waals surface area contributed by atoms with E-state index in [9.17, 15) is 19.8 Å². The van der Waals surface area contributed by atoms with Crippen molar-refractivity contribution < 1.29 is 20.1 Å². The molecule has 23 heavy (non-hydrogen) atoms. The Bertz CT molecular complexity index is 593. The van der Waals surface area contributed by atoms with E-state index in [4.69, 9.17) is 10.8 Å². The molecule has 9 heteroatoms. The molecule has 0 radical (unpaired) electrons. The number of carbonyl (C=O) groups excluding carboxylic acids is 1. The van der Waals surface area contributed by atoms with Gasteiger partial charge in [0, 0.05) is 37.0 Å². The molecule has 0 spiro atoms. The number of aliphatic hydroxyl groups excluding tert-OH is 3. The van der Waals surface area contributed by atoms with Crippen molar-refractivity contribution in [1.82, 2.24) is 15.6 Å². The monoisotopic (exact) mass is 326 g/mol. The Morgan fingerprint density at radius 3 is 2.65 bits per heavy atom. The summed E-state index contributed by atoms with van der Waals surface area (Å²) in [5.74, 6) is -0.439. The van der Waals surface area contributed by atoms with Crippen LogP contribution in [0.2, 0.25) is 0 Å². The topological polar surface area (TPSA) is 161 Å². The summed E-state index contributed by atoms with van der Waals surface area (Å²) >= 11 is 0. The third-order valence-corrected chi connectivity index (χ3v) is 3.90. The van der Waals surface area contributed by atoms with Gasteiger partial charge in [0.2, 0.25) is 5.91 Å². The Labute approximate surface area is 132 Å². The molecule has 5 atom stereocenters. The van der Waals surface area contributed by atoms with Crippen LogP contribution in [0.3, 0.4) is 0 Å². The van der Waals surface area contributed by atoms with E-state index in [2.05, 4.69) is 15.6 Å². The molecule has 0 aliphatic carbocycles. The van der Waals surface area contributed by atoms with Crippen molar-refractivity contribution >= 4 is 5.91 Å². The molecule has 0 bridgehead atoms. The number of pyridine rings is 1. The lowest BCUT2D eigenvalue weighted by molar-refractivity contribution is -0.122. The fraction of sp³-hybridized carbons (Fsp3) is 0.571. The molecule has 2 heterocycles. The summed E-state index contributed by atoms with van der Waals surface area (Å²) in [6.45, 7) is -0.254. The number of amides is 1. The van der Waals surface area contributed by atoms with Gasteiger partial charge in [-0.25, -0.2) is 0 Å². The fourth-order valence-corrected chi connectivity index (χ4v) is 2.57. The maximum atomic E-state index is 12.0. The van der Waals surface area contributed by atoms with Crippen molar-refractivity contribution in [3.05, 3.63) is 34.2 Å². The van der Waals surface area contributed by atoms with Gasteiger partial charge in [0.1, 0.15) is 0 Å². The summed E-state index contributed by atoms with van der Waals surface area (Å²) in [4.78, 5) is 26.1. The summed E-state index contributed by atoms with van der Waals surface area (Å²) in [6.07, 6.45) is -0.527. The molecule has 1 saturated heterocycles. The molecular weight excluding hydrogens is 304 g/mol. The minimum Gasteiger partial charge on any atom is -0.395 e. The number of aromatic nitrogens is 1. The average molecular weight is 326 g/mol. The molecular formula is C14H22N4O5. The first-order chi connectivity index (χ1) is 10.9. The maximum absolute atomic E-state index is 12.0. The van der Waals surface area contributed by atoms with Crippen molar-refractivity contribution in [3.63, 3.8) is 0 Å². The quantitative estimate of drug-likeness (QED) is 0.284. The van der Waals surface area contributed by atoms with E-state index < -0.39 is 36.2 Å². The second kappa shape index (κ2) is 7.66. The predicted octanol–water partition coefficient (Wildman–Crippen LogP) is -3.58.